The number of esters is 1. The van der Waals surface area contributed by atoms with Crippen LogP contribution in [0.25, 0.3) is 11.6 Å². The Morgan fingerprint density at radius 3 is 2.46 bits per heavy atom. The maximum absolute atomic E-state index is 13.6. The Hall–Kier alpha value is -2.55. The Morgan fingerprint density at radius 2 is 1.92 bits per heavy atom. The van der Waals surface area contributed by atoms with Crippen LogP contribution in [0.3, 0.4) is 0 Å². The fourth-order valence-electron chi connectivity index (χ4n) is 2.08. The number of aromatic nitrogens is 1. The van der Waals surface area contributed by atoms with E-state index in [-0.39, 0.29) is 21.5 Å². The van der Waals surface area contributed by atoms with Crippen LogP contribution in [0.5, 0.6) is 11.6 Å². The molecule has 0 aliphatic rings. The van der Waals surface area contributed by atoms with Crippen LogP contribution in [-0.2, 0) is 4.74 Å². The van der Waals surface area contributed by atoms with Gasteiger partial charge in [0.2, 0.25) is 5.88 Å². The summed E-state index contributed by atoms with van der Waals surface area (Å²) in [6.45, 7) is 0. The molecule has 0 saturated heterocycles. The van der Waals surface area contributed by atoms with E-state index in [0.29, 0.717) is 0 Å². The highest BCUT2D eigenvalue weighted by atomic mass is 79.9. The first kappa shape index (κ1) is 19.8. The summed E-state index contributed by atoms with van der Waals surface area (Å²) in [6, 6.07) is 6.24. The smallest absolute Gasteiger partial charge is 0.418 e. The lowest BCUT2D eigenvalue weighted by Gasteiger charge is -2.14. The monoisotopic (exact) mass is 431 g/mol. The average Bonchev–Trinajstić information content (AvgIpc) is 2.59. The van der Waals surface area contributed by atoms with Gasteiger partial charge in [-0.3, -0.25) is 0 Å². The molecule has 0 spiro atoms. The van der Waals surface area contributed by atoms with Crippen molar-refractivity contribution in [2.24, 2.45) is 0 Å². The number of hydrogen-bond acceptors (Lipinski definition) is 5. The number of phenolic OH excluding ortho intramolecular Hbond substituents is 1. The SMILES string of the molecule is COC(=O)c1ccc(/C=C(/c2nc(OC)ccc2Br)C(F)(F)F)c(O)c1. The molecule has 138 valence electrons. The minimum atomic E-state index is -4.75. The van der Waals surface area contributed by atoms with Gasteiger partial charge < -0.3 is 14.6 Å². The van der Waals surface area contributed by atoms with E-state index < -0.39 is 29.2 Å². The zero-order valence-corrected chi connectivity index (χ0v) is 15.2. The summed E-state index contributed by atoms with van der Waals surface area (Å²) in [4.78, 5) is 15.3. The Balaban J connectivity index is 2.61. The average molecular weight is 432 g/mol. The van der Waals surface area contributed by atoms with Crippen molar-refractivity contribution < 1.29 is 32.5 Å². The molecule has 0 aliphatic heterocycles. The van der Waals surface area contributed by atoms with Gasteiger partial charge in [0.05, 0.1) is 31.1 Å². The predicted octanol–water partition coefficient (Wildman–Crippen LogP) is 4.45. The number of halogens is 4. The van der Waals surface area contributed by atoms with Gasteiger partial charge >= 0.3 is 12.1 Å². The molecule has 1 N–H and O–H groups in total. The van der Waals surface area contributed by atoms with E-state index in [1.807, 2.05) is 0 Å². The number of allylic oxidation sites excluding steroid dienone is 1. The topological polar surface area (TPSA) is 68.7 Å². The molecule has 1 aromatic carbocycles. The third kappa shape index (κ3) is 4.34. The molecular formula is C17H13BrF3NO4. The molecule has 26 heavy (non-hydrogen) atoms. The summed E-state index contributed by atoms with van der Waals surface area (Å²) >= 11 is 3.04. The molecule has 1 aromatic heterocycles. The Bertz CT molecular complexity index is 866. The Kier molecular flexibility index (Phi) is 5.91. The maximum atomic E-state index is 13.6. The van der Waals surface area contributed by atoms with Gasteiger partial charge in [-0.2, -0.15) is 13.2 Å². The second kappa shape index (κ2) is 7.77. The van der Waals surface area contributed by atoms with E-state index in [2.05, 4.69) is 25.7 Å². The van der Waals surface area contributed by atoms with Gasteiger partial charge in [0.15, 0.2) is 0 Å². The molecule has 0 atom stereocenters. The van der Waals surface area contributed by atoms with Crippen molar-refractivity contribution in [2.45, 2.75) is 6.18 Å². The van der Waals surface area contributed by atoms with Crippen LogP contribution in [0.15, 0.2) is 34.8 Å². The number of alkyl halides is 3. The lowest BCUT2D eigenvalue weighted by molar-refractivity contribution is -0.0686. The van der Waals surface area contributed by atoms with E-state index >= 15 is 0 Å². The van der Waals surface area contributed by atoms with Crippen LogP contribution in [0.2, 0.25) is 0 Å². The van der Waals surface area contributed by atoms with E-state index in [0.717, 1.165) is 19.3 Å². The number of pyridine rings is 1. The minimum Gasteiger partial charge on any atom is -0.507 e. The van der Waals surface area contributed by atoms with Gasteiger partial charge in [0.1, 0.15) is 5.75 Å². The number of ether oxygens (including phenoxy) is 2. The predicted molar refractivity (Wildman–Crippen MR) is 91.9 cm³/mol. The summed E-state index contributed by atoms with van der Waals surface area (Å²) in [5.74, 6) is -1.22. The van der Waals surface area contributed by atoms with Gasteiger partial charge in [0.25, 0.3) is 0 Å². The number of rotatable bonds is 4. The van der Waals surface area contributed by atoms with Crippen LogP contribution < -0.4 is 4.74 Å². The van der Waals surface area contributed by atoms with Gasteiger partial charge in [0, 0.05) is 16.1 Å². The number of benzene rings is 1. The number of hydrogen-bond donors (Lipinski definition) is 1. The van der Waals surface area contributed by atoms with Crippen molar-refractivity contribution in [3.63, 3.8) is 0 Å². The highest BCUT2D eigenvalue weighted by Gasteiger charge is 2.37. The first-order valence-corrected chi connectivity index (χ1v) is 7.87. The highest BCUT2D eigenvalue weighted by Crippen LogP contribution is 2.39. The molecule has 5 nitrogen and oxygen atoms in total. The second-order valence-corrected chi connectivity index (χ2v) is 5.86. The van der Waals surface area contributed by atoms with Crippen LogP contribution in [0, 0.1) is 0 Å². The number of aromatic hydroxyl groups is 1. The molecule has 0 saturated carbocycles. The van der Waals surface area contributed by atoms with Crippen molar-refractivity contribution in [2.75, 3.05) is 14.2 Å². The minimum absolute atomic E-state index is 0.00334. The van der Waals surface area contributed by atoms with Gasteiger partial charge in [-0.1, -0.05) is 6.07 Å². The van der Waals surface area contributed by atoms with Crippen molar-refractivity contribution in [3.05, 3.63) is 51.6 Å². The molecule has 2 aromatic rings. The summed E-state index contributed by atoms with van der Waals surface area (Å²) in [6.07, 6.45) is -4.02. The number of methoxy groups -OCH3 is 2. The first-order valence-electron chi connectivity index (χ1n) is 7.08. The largest absolute Gasteiger partial charge is 0.507 e. The standard InChI is InChI=1S/C17H13BrF3NO4/c1-25-14-6-5-12(18)15(22-14)11(17(19,20)21)7-9-3-4-10(8-13(9)23)16(24)26-2/h3-8,23H,1-2H3/b11-7-. The van der Waals surface area contributed by atoms with Crippen molar-refractivity contribution in [1.82, 2.24) is 4.98 Å². The Labute approximate surface area is 155 Å². The van der Waals surface area contributed by atoms with Crippen LogP contribution in [0.1, 0.15) is 21.6 Å². The third-order valence-electron chi connectivity index (χ3n) is 3.34. The van der Waals surface area contributed by atoms with Gasteiger partial charge in [-0.15, -0.1) is 0 Å². The van der Waals surface area contributed by atoms with E-state index in [9.17, 15) is 23.1 Å². The molecule has 9 heteroatoms. The molecule has 0 fully saturated rings. The van der Waals surface area contributed by atoms with Crippen molar-refractivity contribution in [3.8, 4) is 11.6 Å². The fourth-order valence-corrected chi connectivity index (χ4v) is 2.51. The van der Waals surface area contributed by atoms with Gasteiger partial charge in [-0.25, -0.2) is 9.78 Å². The molecule has 0 amide bonds. The normalized spacial score (nSPS) is 12.0. The zero-order chi connectivity index (χ0) is 19.5. The Morgan fingerprint density at radius 1 is 1.23 bits per heavy atom. The van der Waals surface area contributed by atoms with Crippen LogP contribution >= 0.6 is 15.9 Å². The maximum Gasteiger partial charge on any atom is 0.418 e. The van der Waals surface area contributed by atoms with Crippen molar-refractivity contribution in [1.29, 1.82) is 0 Å². The summed E-state index contributed by atoms with van der Waals surface area (Å²) in [5, 5.41) is 9.99. The number of carbonyl (C=O) groups is 1. The molecule has 0 radical (unpaired) electrons. The zero-order valence-electron chi connectivity index (χ0n) is 13.6. The molecule has 1 heterocycles. The molecule has 0 bridgehead atoms. The molecular weight excluding hydrogens is 419 g/mol. The molecule has 2 rings (SSSR count). The first-order chi connectivity index (χ1) is 12.2. The quantitative estimate of drug-likeness (QED) is 0.724. The third-order valence-corrected chi connectivity index (χ3v) is 3.98. The summed E-state index contributed by atoms with van der Waals surface area (Å²) in [7, 11) is 2.44. The van der Waals surface area contributed by atoms with Crippen LogP contribution in [-0.4, -0.2) is 36.5 Å². The lowest BCUT2D eigenvalue weighted by atomic mass is 10.0. The number of phenols is 1. The second-order valence-electron chi connectivity index (χ2n) is 5.00. The highest BCUT2D eigenvalue weighted by molar-refractivity contribution is 9.10. The summed E-state index contributed by atoms with van der Waals surface area (Å²) in [5.41, 5.74) is -1.62. The number of carbonyl (C=O) groups excluding carboxylic acids is 1. The van der Waals surface area contributed by atoms with E-state index in [4.69, 9.17) is 4.74 Å². The summed E-state index contributed by atoms with van der Waals surface area (Å²) < 4.78 is 50.2. The molecule has 0 aliphatic carbocycles. The van der Waals surface area contributed by atoms with Crippen molar-refractivity contribution >= 4 is 33.5 Å². The lowest BCUT2D eigenvalue weighted by Crippen LogP contribution is -2.13. The number of nitrogens with zero attached hydrogens (tertiary/aromatic N) is 1. The van der Waals surface area contributed by atoms with Gasteiger partial charge in [-0.05, 0) is 40.2 Å². The molecule has 0 unspecified atom stereocenters. The van der Waals surface area contributed by atoms with Crippen LogP contribution in [0.4, 0.5) is 13.2 Å². The fraction of sp³-hybridized carbons (Fsp3) is 0.176. The van der Waals surface area contributed by atoms with E-state index in [1.165, 1.54) is 31.4 Å². The van der Waals surface area contributed by atoms with E-state index in [1.54, 1.807) is 0 Å².